The molecule has 0 N–H and O–H groups in total. The van der Waals surface area contributed by atoms with E-state index in [9.17, 15) is 4.79 Å². The van der Waals surface area contributed by atoms with E-state index in [1.165, 1.54) is 7.11 Å². The molecule has 0 bridgehead atoms. The molecule has 1 atom stereocenters. The zero-order valence-corrected chi connectivity index (χ0v) is 9.41. The van der Waals surface area contributed by atoms with Crippen molar-refractivity contribution >= 4 is 5.97 Å². The van der Waals surface area contributed by atoms with Gasteiger partial charge in [-0.3, -0.25) is 0 Å². The average molecular weight is 204 g/mol. The van der Waals surface area contributed by atoms with Crippen molar-refractivity contribution in [1.29, 1.82) is 0 Å². The summed E-state index contributed by atoms with van der Waals surface area (Å²) in [5.74, 6) is 0.168. The van der Waals surface area contributed by atoms with Gasteiger partial charge in [0.15, 0.2) is 6.10 Å². The third-order valence-electron chi connectivity index (χ3n) is 1.58. The fourth-order valence-electron chi connectivity index (χ4n) is 0.837. The minimum Gasteiger partial charge on any atom is -0.467 e. The van der Waals surface area contributed by atoms with E-state index in [0.29, 0.717) is 19.1 Å². The van der Waals surface area contributed by atoms with Crippen LogP contribution < -0.4 is 0 Å². The quantitative estimate of drug-likeness (QED) is 0.462. The van der Waals surface area contributed by atoms with E-state index in [4.69, 9.17) is 9.47 Å². The van der Waals surface area contributed by atoms with Crippen molar-refractivity contribution in [2.45, 2.75) is 26.9 Å². The van der Waals surface area contributed by atoms with Crippen LogP contribution in [0.15, 0.2) is 0 Å². The van der Waals surface area contributed by atoms with Gasteiger partial charge in [0.2, 0.25) is 0 Å². The molecular formula is C10H20O4. The van der Waals surface area contributed by atoms with Gasteiger partial charge < -0.3 is 14.2 Å². The van der Waals surface area contributed by atoms with Gasteiger partial charge in [-0.05, 0) is 12.8 Å². The predicted octanol–water partition coefficient (Wildman–Crippen LogP) is 1.24. The Hall–Kier alpha value is -0.610. The molecule has 0 aliphatic heterocycles. The van der Waals surface area contributed by atoms with Gasteiger partial charge in [-0.25, -0.2) is 4.79 Å². The van der Waals surface area contributed by atoms with Crippen molar-refractivity contribution in [2.24, 2.45) is 5.92 Å². The Kier molecular flexibility index (Phi) is 7.42. The summed E-state index contributed by atoms with van der Waals surface area (Å²) in [5, 5.41) is 0. The molecule has 4 nitrogen and oxygen atoms in total. The van der Waals surface area contributed by atoms with Gasteiger partial charge in [-0.2, -0.15) is 0 Å². The zero-order chi connectivity index (χ0) is 11.0. The maximum atomic E-state index is 10.9. The number of hydrogen-bond acceptors (Lipinski definition) is 4. The van der Waals surface area contributed by atoms with Gasteiger partial charge in [0.25, 0.3) is 0 Å². The molecule has 0 amide bonds. The molecule has 0 aromatic rings. The number of methoxy groups -OCH3 is 1. The number of hydrogen-bond donors (Lipinski definition) is 0. The lowest BCUT2D eigenvalue weighted by Crippen LogP contribution is -2.24. The van der Waals surface area contributed by atoms with Crippen LogP contribution in [0.25, 0.3) is 0 Å². The van der Waals surface area contributed by atoms with E-state index in [1.54, 1.807) is 6.92 Å². The highest BCUT2D eigenvalue weighted by atomic mass is 16.6. The molecule has 0 aliphatic carbocycles. The zero-order valence-electron chi connectivity index (χ0n) is 9.41. The molecule has 0 saturated heterocycles. The predicted molar refractivity (Wildman–Crippen MR) is 53.1 cm³/mol. The molecule has 0 saturated carbocycles. The van der Waals surface area contributed by atoms with Crippen molar-refractivity contribution in [2.75, 3.05) is 26.9 Å². The Morgan fingerprint density at radius 3 is 2.36 bits per heavy atom. The van der Waals surface area contributed by atoms with E-state index in [2.05, 4.69) is 18.6 Å². The van der Waals surface area contributed by atoms with E-state index >= 15 is 0 Å². The molecule has 0 fully saturated rings. The monoisotopic (exact) mass is 204 g/mol. The van der Waals surface area contributed by atoms with Gasteiger partial charge in [0.1, 0.15) is 0 Å². The second kappa shape index (κ2) is 7.76. The maximum Gasteiger partial charge on any atom is 0.334 e. The molecule has 0 unspecified atom stereocenters. The topological polar surface area (TPSA) is 44.8 Å². The van der Waals surface area contributed by atoms with Crippen LogP contribution in [-0.2, 0) is 19.0 Å². The van der Waals surface area contributed by atoms with Gasteiger partial charge in [0, 0.05) is 6.61 Å². The smallest absolute Gasteiger partial charge is 0.334 e. The normalized spacial score (nSPS) is 12.9. The summed E-state index contributed by atoms with van der Waals surface area (Å²) in [6, 6.07) is 0. The van der Waals surface area contributed by atoms with Gasteiger partial charge in [-0.1, -0.05) is 13.8 Å². The lowest BCUT2D eigenvalue weighted by molar-refractivity contribution is -0.153. The number of carbonyl (C=O) groups excluding carboxylic acids is 1. The summed E-state index contributed by atoms with van der Waals surface area (Å²) < 4.78 is 15.0. The standard InChI is InChI=1S/C10H20O4/c1-8(2)7-13-5-6-14-9(3)10(11)12-4/h8-9H,5-7H2,1-4H3/t9-/m1/s1. The lowest BCUT2D eigenvalue weighted by atomic mass is 10.2. The Balaban J connectivity index is 3.31. The van der Waals surface area contributed by atoms with Crippen LogP contribution in [-0.4, -0.2) is 39.0 Å². The van der Waals surface area contributed by atoms with Gasteiger partial charge >= 0.3 is 5.97 Å². The molecule has 0 rings (SSSR count). The summed E-state index contributed by atoms with van der Waals surface area (Å²) in [7, 11) is 1.34. The highest BCUT2D eigenvalue weighted by Crippen LogP contribution is 1.95. The van der Waals surface area contributed by atoms with Gasteiger partial charge in [-0.15, -0.1) is 0 Å². The lowest BCUT2D eigenvalue weighted by Gasteiger charge is -2.11. The van der Waals surface area contributed by atoms with Crippen molar-refractivity contribution in [3.8, 4) is 0 Å². The van der Waals surface area contributed by atoms with E-state index in [0.717, 1.165) is 6.61 Å². The summed E-state index contributed by atoms with van der Waals surface area (Å²) in [4.78, 5) is 10.9. The highest BCUT2D eigenvalue weighted by molar-refractivity contribution is 5.73. The first-order valence-electron chi connectivity index (χ1n) is 4.85. The SMILES string of the molecule is COC(=O)[C@@H](C)OCCOCC(C)C. The third kappa shape index (κ3) is 6.86. The third-order valence-corrected chi connectivity index (χ3v) is 1.58. The average Bonchev–Trinajstić information content (AvgIpc) is 2.15. The molecule has 0 heterocycles. The van der Waals surface area contributed by atoms with E-state index < -0.39 is 6.10 Å². The second-order valence-electron chi connectivity index (χ2n) is 3.50. The minimum absolute atomic E-state index is 0.353. The largest absolute Gasteiger partial charge is 0.467 e. The van der Waals surface area contributed by atoms with Crippen molar-refractivity contribution < 1.29 is 19.0 Å². The van der Waals surface area contributed by atoms with Crippen LogP contribution >= 0.6 is 0 Å². The Labute approximate surface area is 85.5 Å². The van der Waals surface area contributed by atoms with E-state index in [1.807, 2.05) is 0 Å². The molecule has 0 aromatic heterocycles. The molecular weight excluding hydrogens is 184 g/mol. The van der Waals surface area contributed by atoms with Crippen LogP contribution in [0.4, 0.5) is 0 Å². The molecule has 0 radical (unpaired) electrons. The van der Waals surface area contributed by atoms with Crippen LogP contribution in [0, 0.1) is 5.92 Å². The molecule has 14 heavy (non-hydrogen) atoms. The highest BCUT2D eigenvalue weighted by Gasteiger charge is 2.12. The van der Waals surface area contributed by atoms with Crippen LogP contribution in [0.2, 0.25) is 0 Å². The fourth-order valence-corrected chi connectivity index (χ4v) is 0.837. The first-order valence-corrected chi connectivity index (χ1v) is 4.85. The molecule has 0 aliphatic rings. The van der Waals surface area contributed by atoms with Crippen LogP contribution in [0.1, 0.15) is 20.8 Å². The molecule has 0 spiro atoms. The van der Waals surface area contributed by atoms with Crippen molar-refractivity contribution in [1.82, 2.24) is 0 Å². The molecule has 0 aromatic carbocycles. The minimum atomic E-state index is -0.511. The summed E-state index contributed by atoms with van der Waals surface area (Å²) >= 11 is 0. The second-order valence-corrected chi connectivity index (χ2v) is 3.50. The first kappa shape index (κ1) is 13.4. The maximum absolute atomic E-state index is 10.9. The summed E-state index contributed by atoms with van der Waals surface area (Å²) in [5.41, 5.74) is 0. The summed E-state index contributed by atoms with van der Waals surface area (Å²) in [6.07, 6.45) is -0.511. The van der Waals surface area contributed by atoms with Gasteiger partial charge in [0.05, 0.1) is 20.3 Å². The fraction of sp³-hybridized carbons (Fsp3) is 0.900. The Bertz CT molecular complexity index is 156. The van der Waals surface area contributed by atoms with Crippen LogP contribution in [0.5, 0.6) is 0 Å². The van der Waals surface area contributed by atoms with Crippen LogP contribution in [0.3, 0.4) is 0 Å². The Morgan fingerprint density at radius 1 is 1.21 bits per heavy atom. The number of carbonyl (C=O) groups is 1. The number of ether oxygens (including phenoxy) is 3. The number of rotatable bonds is 7. The first-order chi connectivity index (χ1) is 6.57. The molecule has 84 valence electrons. The molecule has 4 heteroatoms. The number of esters is 1. The van der Waals surface area contributed by atoms with Crippen molar-refractivity contribution in [3.05, 3.63) is 0 Å². The van der Waals surface area contributed by atoms with E-state index in [-0.39, 0.29) is 5.97 Å². The van der Waals surface area contributed by atoms with Crippen molar-refractivity contribution in [3.63, 3.8) is 0 Å². The Morgan fingerprint density at radius 2 is 1.86 bits per heavy atom. The summed E-state index contributed by atoms with van der Waals surface area (Å²) in [6.45, 7) is 7.47.